The van der Waals surface area contributed by atoms with Crippen LogP contribution in [0, 0.1) is 11.6 Å². The maximum atomic E-state index is 13.7. The van der Waals surface area contributed by atoms with E-state index in [2.05, 4.69) is 10.3 Å². The summed E-state index contributed by atoms with van der Waals surface area (Å²) in [6, 6.07) is 18.7. The van der Waals surface area contributed by atoms with Gasteiger partial charge in [0, 0.05) is 16.0 Å². The Morgan fingerprint density at radius 1 is 0.938 bits per heavy atom. The van der Waals surface area contributed by atoms with Crippen molar-refractivity contribution in [3.8, 4) is 11.3 Å². The molecule has 0 atom stereocenters. The lowest BCUT2D eigenvalue weighted by Crippen LogP contribution is -2.22. The molecule has 0 saturated carbocycles. The van der Waals surface area contributed by atoms with E-state index in [4.69, 9.17) is 16.3 Å². The van der Waals surface area contributed by atoms with Gasteiger partial charge >= 0.3 is 5.97 Å². The van der Waals surface area contributed by atoms with Crippen molar-refractivity contribution in [2.24, 2.45) is 0 Å². The molecule has 8 heteroatoms. The Bertz CT molecular complexity index is 1320. The zero-order valence-electron chi connectivity index (χ0n) is 16.4. The Labute approximate surface area is 186 Å². The van der Waals surface area contributed by atoms with Gasteiger partial charge in [-0.25, -0.2) is 18.6 Å². The number of hydrogen-bond donors (Lipinski definition) is 1. The number of pyridine rings is 1. The summed E-state index contributed by atoms with van der Waals surface area (Å²) in [4.78, 5) is 29.5. The molecule has 0 bridgehead atoms. The Morgan fingerprint density at radius 3 is 2.38 bits per heavy atom. The fourth-order valence-electron chi connectivity index (χ4n) is 3.15. The average Bonchev–Trinajstić information content (AvgIpc) is 2.79. The molecule has 0 aliphatic carbocycles. The van der Waals surface area contributed by atoms with Crippen LogP contribution in [0.5, 0.6) is 0 Å². The third kappa shape index (κ3) is 4.43. The van der Waals surface area contributed by atoms with Gasteiger partial charge in [0.15, 0.2) is 6.61 Å². The molecule has 1 heterocycles. The van der Waals surface area contributed by atoms with E-state index >= 15 is 0 Å². The number of para-hydroxylation sites is 2. The summed E-state index contributed by atoms with van der Waals surface area (Å²) in [6.45, 7) is -0.731. The van der Waals surface area contributed by atoms with Crippen molar-refractivity contribution in [2.45, 2.75) is 0 Å². The van der Waals surface area contributed by atoms with Crippen LogP contribution in [0.15, 0.2) is 72.8 Å². The van der Waals surface area contributed by atoms with E-state index in [0.29, 0.717) is 27.2 Å². The fourth-order valence-corrected chi connectivity index (χ4v) is 3.39. The van der Waals surface area contributed by atoms with Crippen LogP contribution in [0.4, 0.5) is 14.5 Å². The predicted molar refractivity (Wildman–Crippen MR) is 117 cm³/mol. The number of benzene rings is 3. The molecule has 32 heavy (non-hydrogen) atoms. The quantitative estimate of drug-likeness (QED) is 0.398. The molecule has 0 radical (unpaired) electrons. The van der Waals surface area contributed by atoms with E-state index in [1.54, 1.807) is 48.5 Å². The van der Waals surface area contributed by atoms with Gasteiger partial charge in [-0.05, 0) is 30.3 Å². The molecule has 1 aromatic heterocycles. The Balaban J connectivity index is 1.59. The molecule has 1 amide bonds. The van der Waals surface area contributed by atoms with Crippen LogP contribution in [-0.4, -0.2) is 23.5 Å². The number of anilines is 1. The van der Waals surface area contributed by atoms with E-state index in [-0.39, 0.29) is 5.56 Å². The number of fused-ring (bicyclic) bond motifs is 1. The first-order valence-corrected chi connectivity index (χ1v) is 9.87. The number of esters is 1. The van der Waals surface area contributed by atoms with E-state index in [9.17, 15) is 18.4 Å². The number of nitrogens with zero attached hydrogens (tertiary/aromatic N) is 1. The third-order valence-electron chi connectivity index (χ3n) is 4.65. The first kappa shape index (κ1) is 21.4. The molecule has 0 aliphatic heterocycles. The maximum absolute atomic E-state index is 13.7. The number of carbonyl (C=O) groups excluding carboxylic acids is 2. The van der Waals surface area contributed by atoms with Gasteiger partial charge in [0.25, 0.3) is 5.91 Å². The van der Waals surface area contributed by atoms with Crippen LogP contribution in [0.25, 0.3) is 22.2 Å². The summed E-state index contributed by atoms with van der Waals surface area (Å²) < 4.78 is 32.5. The molecule has 4 rings (SSSR count). The van der Waals surface area contributed by atoms with Crippen molar-refractivity contribution >= 4 is 40.1 Å². The Hall–Kier alpha value is -3.84. The Kier molecular flexibility index (Phi) is 6.09. The summed E-state index contributed by atoms with van der Waals surface area (Å²) in [5.41, 5.74) is 1.19. The van der Waals surface area contributed by atoms with Crippen LogP contribution < -0.4 is 5.32 Å². The smallest absolute Gasteiger partial charge is 0.339 e. The summed E-state index contributed by atoms with van der Waals surface area (Å²) in [5, 5.41) is 3.05. The second kappa shape index (κ2) is 9.11. The van der Waals surface area contributed by atoms with Gasteiger partial charge in [-0.1, -0.05) is 54.1 Å². The number of nitrogens with one attached hydrogen (secondary N) is 1. The number of carbonyl (C=O) groups is 2. The van der Waals surface area contributed by atoms with Gasteiger partial charge < -0.3 is 10.1 Å². The van der Waals surface area contributed by atoms with E-state index in [0.717, 1.165) is 12.1 Å². The number of halogens is 3. The monoisotopic (exact) mass is 452 g/mol. The second-order valence-corrected chi connectivity index (χ2v) is 7.18. The van der Waals surface area contributed by atoms with Crippen LogP contribution >= 0.6 is 11.6 Å². The van der Waals surface area contributed by atoms with Crippen molar-refractivity contribution in [3.63, 3.8) is 0 Å². The minimum absolute atomic E-state index is 0.176. The predicted octanol–water partition coefficient (Wildman–Crippen LogP) is 5.63. The Morgan fingerprint density at radius 2 is 1.62 bits per heavy atom. The highest BCUT2D eigenvalue weighted by molar-refractivity contribution is 6.33. The lowest BCUT2D eigenvalue weighted by Gasteiger charge is -2.11. The third-order valence-corrected chi connectivity index (χ3v) is 4.98. The number of ether oxygens (including phenoxy) is 1. The molecule has 3 aromatic carbocycles. The first-order chi connectivity index (χ1) is 15.4. The van der Waals surface area contributed by atoms with Gasteiger partial charge in [-0.3, -0.25) is 4.79 Å². The van der Waals surface area contributed by atoms with Crippen LogP contribution in [-0.2, 0) is 9.53 Å². The van der Waals surface area contributed by atoms with E-state index < -0.39 is 35.8 Å². The largest absolute Gasteiger partial charge is 0.452 e. The molecule has 0 fully saturated rings. The topological polar surface area (TPSA) is 68.3 Å². The number of aromatic nitrogens is 1. The summed E-state index contributed by atoms with van der Waals surface area (Å²) >= 11 is 6.28. The fraction of sp³-hybridized carbons (Fsp3) is 0.0417. The van der Waals surface area contributed by atoms with Crippen molar-refractivity contribution in [2.75, 3.05) is 11.9 Å². The molecule has 160 valence electrons. The zero-order chi connectivity index (χ0) is 22.7. The van der Waals surface area contributed by atoms with Crippen LogP contribution in [0.1, 0.15) is 10.4 Å². The maximum Gasteiger partial charge on any atom is 0.339 e. The molecule has 0 saturated heterocycles. The molecule has 4 aromatic rings. The SMILES string of the molecule is O=C(COC(=O)c1cc(-c2ccccc2Cl)nc2ccccc12)Nc1c(F)cccc1F. The minimum Gasteiger partial charge on any atom is -0.452 e. The molecule has 0 aliphatic rings. The highest BCUT2D eigenvalue weighted by atomic mass is 35.5. The normalized spacial score (nSPS) is 10.7. The minimum atomic E-state index is -0.936. The van der Waals surface area contributed by atoms with Crippen molar-refractivity contribution in [1.82, 2.24) is 4.98 Å². The van der Waals surface area contributed by atoms with E-state index in [1.807, 2.05) is 0 Å². The number of amides is 1. The highest BCUT2D eigenvalue weighted by Gasteiger charge is 2.18. The number of hydrogen-bond acceptors (Lipinski definition) is 4. The van der Waals surface area contributed by atoms with Crippen molar-refractivity contribution < 1.29 is 23.1 Å². The second-order valence-electron chi connectivity index (χ2n) is 6.77. The standard InChI is InChI=1S/C24H15ClF2N2O3/c25-17-8-3-1-7-15(17)21-12-16(14-6-2-4-11-20(14)28-21)24(31)32-13-22(30)29-23-18(26)9-5-10-19(23)27/h1-12H,13H2,(H,29,30). The average molecular weight is 453 g/mol. The van der Waals surface area contributed by atoms with Crippen LogP contribution in [0.3, 0.4) is 0 Å². The van der Waals surface area contributed by atoms with Crippen molar-refractivity contribution in [3.05, 3.63) is 95.0 Å². The van der Waals surface area contributed by atoms with Crippen LogP contribution in [0.2, 0.25) is 5.02 Å². The molecular formula is C24H15ClF2N2O3. The van der Waals surface area contributed by atoms with Gasteiger partial charge in [-0.2, -0.15) is 0 Å². The lowest BCUT2D eigenvalue weighted by atomic mass is 10.0. The molecular weight excluding hydrogens is 438 g/mol. The molecule has 0 spiro atoms. The molecule has 1 N–H and O–H groups in total. The lowest BCUT2D eigenvalue weighted by molar-refractivity contribution is -0.119. The van der Waals surface area contributed by atoms with Gasteiger partial charge in [-0.15, -0.1) is 0 Å². The number of rotatable bonds is 5. The van der Waals surface area contributed by atoms with Gasteiger partial charge in [0.05, 0.1) is 16.8 Å². The first-order valence-electron chi connectivity index (χ1n) is 9.49. The zero-order valence-corrected chi connectivity index (χ0v) is 17.2. The highest BCUT2D eigenvalue weighted by Crippen LogP contribution is 2.30. The molecule has 5 nitrogen and oxygen atoms in total. The van der Waals surface area contributed by atoms with Gasteiger partial charge in [0.2, 0.25) is 0 Å². The summed E-state index contributed by atoms with van der Waals surface area (Å²) in [5.74, 6) is -3.54. The molecule has 0 unspecified atom stereocenters. The van der Waals surface area contributed by atoms with Gasteiger partial charge in [0.1, 0.15) is 17.3 Å². The summed E-state index contributed by atoms with van der Waals surface area (Å²) in [7, 11) is 0. The van der Waals surface area contributed by atoms with E-state index in [1.165, 1.54) is 12.1 Å². The van der Waals surface area contributed by atoms with Crippen molar-refractivity contribution in [1.29, 1.82) is 0 Å². The summed E-state index contributed by atoms with van der Waals surface area (Å²) in [6.07, 6.45) is 0.